The van der Waals surface area contributed by atoms with Crippen molar-refractivity contribution in [2.75, 3.05) is 0 Å². The second-order valence-corrected chi connectivity index (χ2v) is 5.00. The molecule has 15 heavy (non-hydrogen) atoms. The highest BCUT2D eigenvalue weighted by molar-refractivity contribution is 9.10. The number of sulfonamides is 1. The van der Waals surface area contributed by atoms with Crippen molar-refractivity contribution in [3.63, 3.8) is 0 Å². The smallest absolute Gasteiger partial charge is 0.248 e. The van der Waals surface area contributed by atoms with Crippen LogP contribution in [0.15, 0.2) is 21.5 Å². The van der Waals surface area contributed by atoms with E-state index in [1.807, 2.05) is 0 Å². The summed E-state index contributed by atoms with van der Waals surface area (Å²) in [5.41, 5.74) is 4.62. The number of hydrogen-bond acceptors (Lipinski definition) is 3. The Morgan fingerprint density at radius 2 is 1.93 bits per heavy atom. The maximum absolute atomic E-state index is 13.2. The molecule has 0 spiro atoms. The van der Waals surface area contributed by atoms with Gasteiger partial charge >= 0.3 is 0 Å². The first-order chi connectivity index (χ1) is 6.73. The highest BCUT2D eigenvalue weighted by atomic mass is 79.9. The quantitative estimate of drug-likeness (QED) is 0.822. The van der Waals surface area contributed by atoms with E-state index < -0.39 is 26.6 Å². The molecule has 1 aromatic rings. The third-order valence-corrected chi connectivity index (χ3v) is 3.59. The lowest BCUT2D eigenvalue weighted by Gasteiger charge is -2.05. The number of amides is 1. The van der Waals surface area contributed by atoms with E-state index in [2.05, 4.69) is 15.9 Å². The Balaban J connectivity index is 3.59. The van der Waals surface area contributed by atoms with Gasteiger partial charge in [0.2, 0.25) is 15.9 Å². The number of primary sulfonamides is 1. The molecule has 0 bridgehead atoms. The Morgan fingerprint density at radius 3 is 2.33 bits per heavy atom. The second kappa shape index (κ2) is 3.87. The van der Waals surface area contributed by atoms with Gasteiger partial charge in [0.1, 0.15) is 5.82 Å². The zero-order valence-electron chi connectivity index (χ0n) is 7.20. The molecule has 1 amide bonds. The van der Waals surface area contributed by atoms with E-state index in [0.29, 0.717) is 0 Å². The summed E-state index contributed by atoms with van der Waals surface area (Å²) < 4.78 is 34.9. The molecule has 0 aliphatic rings. The van der Waals surface area contributed by atoms with Gasteiger partial charge in [-0.2, -0.15) is 0 Å². The molecule has 0 saturated carbocycles. The molecule has 0 aromatic heterocycles. The molecule has 0 unspecified atom stereocenters. The maximum Gasteiger partial charge on any atom is 0.248 e. The van der Waals surface area contributed by atoms with Crippen molar-refractivity contribution in [3.05, 3.63) is 28.0 Å². The van der Waals surface area contributed by atoms with Crippen LogP contribution in [0.1, 0.15) is 10.4 Å². The van der Waals surface area contributed by atoms with E-state index >= 15 is 0 Å². The van der Waals surface area contributed by atoms with Gasteiger partial charge in [-0.1, -0.05) is 0 Å². The Kier molecular flexibility index (Phi) is 3.12. The summed E-state index contributed by atoms with van der Waals surface area (Å²) in [4.78, 5) is 10.2. The van der Waals surface area contributed by atoms with Gasteiger partial charge in [0, 0.05) is 5.56 Å². The van der Waals surface area contributed by atoms with Crippen LogP contribution in [-0.2, 0) is 10.0 Å². The van der Waals surface area contributed by atoms with Crippen molar-refractivity contribution in [2.24, 2.45) is 10.9 Å². The van der Waals surface area contributed by atoms with E-state index in [9.17, 15) is 17.6 Å². The lowest BCUT2D eigenvalue weighted by molar-refractivity contribution is 0.0999. The fourth-order valence-electron chi connectivity index (χ4n) is 0.913. The number of halogens is 2. The van der Waals surface area contributed by atoms with Crippen molar-refractivity contribution in [1.29, 1.82) is 0 Å². The topological polar surface area (TPSA) is 103 Å². The molecule has 0 aliphatic heterocycles. The number of hydrogen-bond donors (Lipinski definition) is 2. The molecule has 0 fully saturated rings. The van der Waals surface area contributed by atoms with E-state index in [1.165, 1.54) is 0 Å². The van der Waals surface area contributed by atoms with Gasteiger partial charge in [-0.25, -0.2) is 17.9 Å². The van der Waals surface area contributed by atoms with Crippen LogP contribution in [0.25, 0.3) is 0 Å². The van der Waals surface area contributed by atoms with Crippen LogP contribution in [0.3, 0.4) is 0 Å². The summed E-state index contributed by atoms with van der Waals surface area (Å²) in [5, 5.41) is 4.82. The minimum atomic E-state index is -4.11. The Labute approximate surface area is 93.4 Å². The number of primary amides is 1. The number of carbonyl (C=O) groups excluding carboxylic acids is 1. The Morgan fingerprint density at radius 1 is 1.40 bits per heavy atom. The summed E-state index contributed by atoms with van der Waals surface area (Å²) in [7, 11) is -4.11. The predicted molar refractivity (Wildman–Crippen MR) is 54.0 cm³/mol. The number of carbonyl (C=O) groups is 1. The van der Waals surface area contributed by atoms with Crippen LogP contribution in [0, 0.1) is 5.82 Å². The lowest BCUT2D eigenvalue weighted by atomic mass is 10.2. The molecule has 1 rings (SSSR count). The third-order valence-electron chi connectivity index (χ3n) is 1.59. The molecule has 1 aromatic carbocycles. The van der Waals surface area contributed by atoms with E-state index in [-0.39, 0.29) is 10.0 Å². The summed E-state index contributed by atoms with van der Waals surface area (Å²) in [6.45, 7) is 0. The molecule has 0 radical (unpaired) electrons. The molecule has 5 nitrogen and oxygen atoms in total. The fraction of sp³-hybridized carbons (Fsp3) is 0. The minimum absolute atomic E-state index is 0.264. The van der Waals surface area contributed by atoms with Gasteiger partial charge in [-0.05, 0) is 28.1 Å². The molecule has 8 heteroatoms. The molecule has 82 valence electrons. The lowest BCUT2D eigenvalue weighted by Crippen LogP contribution is -2.17. The Hall–Kier alpha value is -0.990. The zero-order valence-corrected chi connectivity index (χ0v) is 9.60. The van der Waals surface area contributed by atoms with Gasteiger partial charge in [-0.3, -0.25) is 4.79 Å². The van der Waals surface area contributed by atoms with Crippen LogP contribution in [0.2, 0.25) is 0 Å². The van der Waals surface area contributed by atoms with E-state index in [1.54, 1.807) is 0 Å². The van der Waals surface area contributed by atoms with Crippen molar-refractivity contribution in [2.45, 2.75) is 4.90 Å². The molecule has 0 heterocycles. The summed E-state index contributed by atoms with van der Waals surface area (Å²) in [6, 6.07) is 1.73. The molecular formula is C7H6BrFN2O3S. The van der Waals surface area contributed by atoms with Crippen molar-refractivity contribution >= 4 is 31.9 Å². The molecule has 0 atom stereocenters. The van der Waals surface area contributed by atoms with Gasteiger partial charge in [-0.15, -0.1) is 0 Å². The monoisotopic (exact) mass is 296 g/mol. The SMILES string of the molecule is NC(=O)c1cc(F)c(Br)c(S(N)(=O)=O)c1. The summed E-state index contributed by atoms with van der Waals surface area (Å²) >= 11 is 2.71. The fourth-order valence-corrected chi connectivity index (χ4v) is 2.46. The normalized spacial score (nSPS) is 11.4. The average molecular weight is 297 g/mol. The second-order valence-electron chi connectivity index (χ2n) is 2.68. The number of rotatable bonds is 2. The van der Waals surface area contributed by atoms with Crippen molar-refractivity contribution < 1.29 is 17.6 Å². The first kappa shape index (κ1) is 12.1. The summed E-state index contributed by atoms with van der Waals surface area (Å²) in [5.74, 6) is -1.86. The molecule has 0 aliphatic carbocycles. The molecular weight excluding hydrogens is 291 g/mol. The van der Waals surface area contributed by atoms with Gasteiger partial charge in [0.25, 0.3) is 0 Å². The largest absolute Gasteiger partial charge is 0.366 e. The maximum atomic E-state index is 13.2. The van der Waals surface area contributed by atoms with Crippen molar-refractivity contribution in [3.8, 4) is 0 Å². The van der Waals surface area contributed by atoms with Crippen LogP contribution < -0.4 is 10.9 Å². The van der Waals surface area contributed by atoms with Gasteiger partial charge in [0.15, 0.2) is 0 Å². The van der Waals surface area contributed by atoms with Gasteiger partial charge in [0.05, 0.1) is 9.37 Å². The van der Waals surface area contributed by atoms with Crippen LogP contribution in [0.5, 0.6) is 0 Å². The molecule has 4 N–H and O–H groups in total. The highest BCUT2D eigenvalue weighted by Gasteiger charge is 2.18. The number of nitrogens with two attached hydrogens (primary N) is 2. The highest BCUT2D eigenvalue weighted by Crippen LogP contribution is 2.25. The summed E-state index contributed by atoms with van der Waals surface area (Å²) in [6.07, 6.45) is 0. The minimum Gasteiger partial charge on any atom is -0.366 e. The average Bonchev–Trinajstić information content (AvgIpc) is 2.06. The van der Waals surface area contributed by atoms with Crippen LogP contribution in [-0.4, -0.2) is 14.3 Å². The predicted octanol–water partition coefficient (Wildman–Crippen LogP) is 0.335. The zero-order chi connectivity index (χ0) is 11.8. The first-order valence-corrected chi connectivity index (χ1v) is 5.89. The van der Waals surface area contributed by atoms with E-state index in [0.717, 1.165) is 12.1 Å². The number of benzene rings is 1. The standard InChI is InChI=1S/C7H6BrFN2O3S/c8-6-4(9)1-3(7(10)12)2-5(6)15(11,13)14/h1-2H,(H2,10,12)(H2,11,13,14). The van der Waals surface area contributed by atoms with Crippen molar-refractivity contribution in [1.82, 2.24) is 0 Å². The van der Waals surface area contributed by atoms with Crippen LogP contribution >= 0.6 is 15.9 Å². The van der Waals surface area contributed by atoms with Gasteiger partial charge < -0.3 is 5.73 Å². The van der Waals surface area contributed by atoms with E-state index in [4.69, 9.17) is 10.9 Å². The molecule has 0 saturated heterocycles. The van der Waals surface area contributed by atoms with Crippen LogP contribution in [0.4, 0.5) is 4.39 Å². The third kappa shape index (κ3) is 2.52. The first-order valence-electron chi connectivity index (χ1n) is 3.55. The Bertz CT molecular complexity index is 529.